The van der Waals surface area contributed by atoms with E-state index in [9.17, 15) is 14.4 Å². The highest BCUT2D eigenvalue weighted by molar-refractivity contribution is 6.05. The molecule has 1 aromatic rings. The zero-order chi connectivity index (χ0) is 20.9. The number of benzene rings is 1. The van der Waals surface area contributed by atoms with E-state index in [2.05, 4.69) is 22.0 Å². The Morgan fingerprint density at radius 3 is 2.83 bits per heavy atom. The lowest BCUT2D eigenvalue weighted by Crippen LogP contribution is -2.52. The number of hydrogen-bond acceptors (Lipinski definition) is 5. The van der Waals surface area contributed by atoms with Crippen LogP contribution >= 0.6 is 0 Å². The zero-order valence-corrected chi connectivity index (χ0v) is 17.5. The van der Waals surface area contributed by atoms with Gasteiger partial charge in [0.05, 0.1) is 0 Å². The van der Waals surface area contributed by atoms with Crippen molar-refractivity contribution >= 4 is 17.7 Å². The second-order valence-corrected chi connectivity index (χ2v) is 8.78. The summed E-state index contributed by atoms with van der Waals surface area (Å²) in [6, 6.07) is 5.44. The first-order valence-corrected chi connectivity index (χ1v) is 11.3. The van der Waals surface area contributed by atoms with Crippen LogP contribution in [0.2, 0.25) is 0 Å². The minimum absolute atomic E-state index is 0.109. The minimum atomic E-state index is -0.552. The summed E-state index contributed by atoms with van der Waals surface area (Å²) in [4.78, 5) is 38.0. The van der Waals surface area contributed by atoms with E-state index < -0.39 is 6.04 Å². The summed E-state index contributed by atoms with van der Waals surface area (Å²) in [5.41, 5.74) is 2.72. The van der Waals surface area contributed by atoms with Gasteiger partial charge in [-0.05, 0) is 74.8 Å². The maximum Gasteiger partial charge on any atom is 0.255 e. The summed E-state index contributed by atoms with van der Waals surface area (Å²) >= 11 is 0. The molecule has 2 saturated heterocycles. The van der Waals surface area contributed by atoms with Crippen LogP contribution in [0.1, 0.15) is 66.4 Å². The Bertz CT molecular complexity index is 804. The van der Waals surface area contributed by atoms with Crippen molar-refractivity contribution in [3.05, 3.63) is 34.9 Å². The van der Waals surface area contributed by atoms with Crippen molar-refractivity contribution < 1.29 is 14.4 Å². The molecule has 3 aliphatic rings. The molecule has 4 rings (SSSR count). The van der Waals surface area contributed by atoms with Crippen molar-refractivity contribution in [1.29, 1.82) is 0 Å². The molecular weight excluding hydrogens is 380 g/mol. The lowest BCUT2D eigenvalue weighted by atomic mass is 9.94. The van der Waals surface area contributed by atoms with E-state index in [4.69, 9.17) is 0 Å². The van der Waals surface area contributed by atoms with Crippen molar-refractivity contribution in [2.75, 3.05) is 19.6 Å². The van der Waals surface area contributed by atoms with E-state index in [1.165, 1.54) is 45.2 Å². The first-order valence-electron chi connectivity index (χ1n) is 11.3. The highest BCUT2D eigenvalue weighted by Crippen LogP contribution is 2.28. The molecule has 1 aromatic carbocycles. The Labute approximate surface area is 178 Å². The van der Waals surface area contributed by atoms with Crippen LogP contribution in [-0.4, -0.2) is 48.3 Å². The van der Waals surface area contributed by atoms with Crippen molar-refractivity contribution in [1.82, 2.24) is 20.9 Å². The van der Waals surface area contributed by atoms with Crippen molar-refractivity contribution in [2.45, 2.75) is 64.1 Å². The second-order valence-electron chi connectivity index (χ2n) is 8.78. The number of piperidine rings is 2. The van der Waals surface area contributed by atoms with Gasteiger partial charge in [0.25, 0.3) is 5.91 Å². The lowest BCUT2D eigenvalue weighted by molar-refractivity contribution is -0.136. The Balaban J connectivity index is 1.23. The summed E-state index contributed by atoms with van der Waals surface area (Å²) in [6.07, 6.45) is 7.07. The fourth-order valence-electron chi connectivity index (χ4n) is 4.80. The van der Waals surface area contributed by atoms with Crippen molar-refractivity contribution in [2.24, 2.45) is 5.92 Å². The number of unbranched alkanes of at least 4 members (excludes halogenated alkanes) is 1. The first kappa shape index (κ1) is 21.0. The number of fused-ring (bicyclic) bond motifs is 1. The van der Waals surface area contributed by atoms with Gasteiger partial charge in [-0.3, -0.25) is 19.7 Å². The minimum Gasteiger partial charge on any atom is -0.322 e. The number of nitrogens with one attached hydrogen (secondary N) is 3. The summed E-state index contributed by atoms with van der Waals surface area (Å²) in [7, 11) is 0. The second kappa shape index (κ2) is 9.71. The number of nitrogens with zero attached hydrogens (tertiary/aromatic N) is 1. The molecule has 0 radical (unpaired) electrons. The van der Waals surface area contributed by atoms with Gasteiger partial charge in [-0.1, -0.05) is 18.6 Å². The average Bonchev–Trinajstić information content (AvgIpc) is 3.07. The van der Waals surface area contributed by atoms with Crippen molar-refractivity contribution in [3.8, 4) is 0 Å². The van der Waals surface area contributed by atoms with E-state index in [1.807, 2.05) is 12.1 Å². The number of carbonyl (C=O) groups is 3. The molecule has 2 atom stereocenters. The lowest BCUT2D eigenvalue weighted by Gasteiger charge is -2.29. The summed E-state index contributed by atoms with van der Waals surface area (Å²) in [6.45, 7) is 4.50. The van der Waals surface area contributed by atoms with E-state index in [1.54, 1.807) is 4.90 Å². The largest absolute Gasteiger partial charge is 0.322 e. The van der Waals surface area contributed by atoms with Gasteiger partial charge < -0.3 is 15.5 Å². The molecule has 0 bridgehead atoms. The zero-order valence-electron chi connectivity index (χ0n) is 17.5. The summed E-state index contributed by atoms with van der Waals surface area (Å²) in [5.74, 6) is 0.110. The quantitative estimate of drug-likeness (QED) is 0.447. The molecule has 3 heterocycles. The fourth-order valence-corrected chi connectivity index (χ4v) is 4.80. The van der Waals surface area contributed by atoms with Gasteiger partial charge in [0.2, 0.25) is 11.8 Å². The maximum atomic E-state index is 12.9. The third-order valence-corrected chi connectivity index (χ3v) is 6.54. The molecule has 3 N–H and O–H groups in total. The molecule has 0 aliphatic carbocycles. The van der Waals surface area contributed by atoms with Gasteiger partial charge in [-0.15, -0.1) is 0 Å². The molecule has 2 fully saturated rings. The first-order chi connectivity index (χ1) is 14.6. The molecule has 7 nitrogen and oxygen atoms in total. The van der Waals surface area contributed by atoms with Crippen LogP contribution in [0.3, 0.4) is 0 Å². The van der Waals surface area contributed by atoms with Crippen LogP contribution in [0.15, 0.2) is 18.2 Å². The van der Waals surface area contributed by atoms with E-state index in [-0.39, 0.29) is 24.1 Å². The topological polar surface area (TPSA) is 90.5 Å². The van der Waals surface area contributed by atoms with Crippen LogP contribution in [0, 0.1) is 5.92 Å². The Hall–Kier alpha value is -2.25. The third-order valence-electron chi connectivity index (χ3n) is 6.54. The number of hydrogen-bond donors (Lipinski definition) is 3. The number of rotatable bonds is 8. The van der Waals surface area contributed by atoms with Gasteiger partial charge in [0, 0.05) is 25.1 Å². The average molecular weight is 413 g/mol. The third kappa shape index (κ3) is 4.90. The van der Waals surface area contributed by atoms with Gasteiger partial charge in [-0.2, -0.15) is 0 Å². The van der Waals surface area contributed by atoms with E-state index >= 15 is 0 Å². The smallest absolute Gasteiger partial charge is 0.255 e. The van der Waals surface area contributed by atoms with Gasteiger partial charge in [0.1, 0.15) is 6.04 Å². The van der Waals surface area contributed by atoms with Gasteiger partial charge in [0.15, 0.2) is 0 Å². The monoisotopic (exact) mass is 412 g/mol. The van der Waals surface area contributed by atoms with E-state index in [0.717, 1.165) is 30.1 Å². The number of carbonyl (C=O) groups excluding carboxylic acids is 3. The molecule has 0 aromatic heterocycles. The normalized spacial score (nSPS) is 24.1. The van der Waals surface area contributed by atoms with Crippen molar-refractivity contribution in [3.63, 3.8) is 0 Å². The Morgan fingerprint density at radius 2 is 2.03 bits per heavy atom. The number of imide groups is 1. The van der Waals surface area contributed by atoms with Gasteiger partial charge >= 0.3 is 0 Å². The molecular formula is C23H32N4O3. The van der Waals surface area contributed by atoms with E-state index in [0.29, 0.717) is 18.5 Å². The molecule has 0 spiro atoms. The predicted octanol–water partition coefficient (Wildman–Crippen LogP) is 1.71. The fraction of sp³-hybridized carbons (Fsp3) is 0.609. The SMILES string of the molecule is O=C1CCC(N2Cc3ccc(CNCCCCC4CCCNC4)cc3C2=O)C(=O)N1. The van der Waals surface area contributed by atoms with Crippen LogP contribution < -0.4 is 16.0 Å². The highest BCUT2D eigenvalue weighted by Gasteiger charge is 2.39. The number of amides is 3. The van der Waals surface area contributed by atoms with Crippen LogP contribution in [0.5, 0.6) is 0 Å². The van der Waals surface area contributed by atoms with Crippen LogP contribution in [0.4, 0.5) is 0 Å². The molecule has 162 valence electrons. The molecule has 0 saturated carbocycles. The van der Waals surface area contributed by atoms with Gasteiger partial charge in [-0.25, -0.2) is 0 Å². The standard InChI is InChI=1S/C23H32N4O3/c28-21-9-8-20(22(29)26-21)27-15-18-7-6-17(12-19(18)23(27)30)14-24-10-2-1-4-16-5-3-11-25-13-16/h6-7,12,16,20,24-25H,1-5,8-11,13-15H2,(H,26,28,29). The molecule has 3 aliphatic heterocycles. The summed E-state index contributed by atoms with van der Waals surface area (Å²) in [5, 5.41) is 9.31. The molecule has 3 amide bonds. The molecule has 7 heteroatoms. The highest BCUT2D eigenvalue weighted by atomic mass is 16.2. The van der Waals surface area contributed by atoms with Crippen LogP contribution in [-0.2, 0) is 22.7 Å². The maximum absolute atomic E-state index is 12.9. The Kier molecular flexibility index (Phi) is 6.79. The Morgan fingerprint density at radius 1 is 1.13 bits per heavy atom. The molecule has 30 heavy (non-hydrogen) atoms. The predicted molar refractivity (Wildman–Crippen MR) is 114 cm³/mol. The molecule has 2 unspecified atom stereocenters. The van der Waals surface area contributed by atoms with Crippen LogP contribution in [0.25, 0.3) is 0 Å². The summed E-state index contributed by atoms with van der Waals surface area (Å²) < 4.78 is 0.